The van der Waals surface area contributed by atoms with Crippen LogP contribution in [0.5, 0.6) is 11.5 Å². The minimum atomic E-state index is 0.310. The van der Waals surface area contributed by atoms with Crippen molar-refractivity contribution in [1.82, 2.24) is 4.98 Å². The number of rotatable bonds is 2. The fraction of sp³-hybridized carbons (Fsp3) is 0.357. The summed E-state index contributed by atoms with van der Waals surface area (Å²) in [5.74, 6) is 2.59. The van der Waals surface area contributed by atoms with Crippen molar-refractivity contribution in [2.75, 3.05) is 12.1 Å². The molecule has 4 nitrogen and oxygen atoms in total. The molecule has 0 radical (unpaired) electrons. The Balaban J connectivity index is 1.81. The third-order valence-electron chi connectivity index (χ3n) is 3.70. The van der Waals surface area contributed by atoms with Gasteiger partial charge in [0.2, 0.25) is 6.79 Å². The lowest BCUT2D eigenvalue weighted by Gasteiger charge is -2.27. The van der Waals surface area contributed by atoms with E-state index in [4.69, 9.17) is 9.47 Å². The van der Waals surface area contributed by atoms with Gasteiger partial charge in [-0.3, -0.25) is 0 Å². The first-order valence-electron chi connectivity index (χ1n) is 6.35. The predicted molar refractivity (Wildman–Crippen MR) is 69.1 cm³/mol. The Bertz CT molecular complexity index is 608. The van der Waals surface area contributed by atoms with Gasteiger partial charge in [-0.05, 0) is 42.8 Å². The molecule has 1 N–H and O–H groups in total. The van der Waals surface area contributed by atoms with Crippen LogP contribution in [-0.2, 0) is 0 Å². The van der Waals surface area contributed by atoms with Crippen molar-refractivity contribution in [1.29, 1.82) is 0 Å². The van der Waals surface area contributed by atoms with Crippen LogP contribution >= 0.6 is 0 Å². The first-order valence-corrected chi connectivity index (χ1v) is 6.35. The van der Waals surface area contributed by atoms with Gasteiger partial charge >= 0.3 is 0 Å². The molecule has 2 aromatic rings. The van der Waals surface area contributed by atoms with E-state index in [1.165, 1.54) is 19.3 Å². The lowest BCUT2D eigenvalue weighted by Crippen LogP contribution is -2.27. The number of anilines is 1. The molecule has 1 saturated carbocycles. The molecule has 2 aliphatic rings. The van der Waals surface area contributed by atoms with Crippen molar-refractivity contribution in [2.45, 2.75) is 25.3 Å². The normalized spacial score (nSPS) is 17.8. The Kier molecular flexibility index (Phi) is 2.09. The van der Waals surface area contributed by atoms with Crippen molar-refractivity contribution in [3.63, 3.8) is 0 Å². The van der Waals surface area contributed by atoms with Crippen LogP contribution in [0.3, 0.4) is 0 Å². The van der Waals surface area contributed by atoms with E-state index in [0.717, 1.165) is 28.1 Å². The van der Waals surface area contributed by atoms with Crippen molar-refractivity contribution in [3.05, 3.63) is 24.4 Å². The maximum absolute atomic E-state index is 5.43. The number of nitrogens with one attached hydrogen (secondary N) is 1. The predicted octanol–water partition coefficient (Wildman–Crippen LogP) is 2.93. The molecule has 0 saturated heterocycles. The molecule has 1 aromatic carbocycles. The Morgan fingerprint density at radius 3 is 2.78 bits per heavy atom. The van der Waals surface area contributed by atoms with Gasteiger partial charge in [0.05, 0.1) is 0 Å². The fourth-order valence-corrected chi connectivity index (χ4v) is 2.42. The second-order valence-corrected chi connectivity index (χ2v) is 4.86. The van der Waals surface area contributed by atoms with E-state index in [1.807, 2.05) is 24.4 Å². The van der Waals surface area contributed by atoms with Gasteiger partial charge in [-0.25, -0.2) is 4.98 Å². The second-order valence-electron chi connectivity index (χ2n) is 4.86. The van der Waals surface area contributed by atoms with Gasteiger partial charge in [0, 0.05) is 17.6 Å². The SMILES string of the molecule is c1cc2cc3c(cc2c(NC2CCC2)n1)OCO3. The highest BCUT2D eigenvalue weighted by atomic mass is 16.7. The Morgan fingerprint density at radius 1 is 1.17 bits per heavy atom. The average molecular weight is 242 g/mol. The standard InChI is InChI=1S/C14H14N2O2/c1-2-10(3-1)16-14-11-7-13-12(17-8-18-13)6-9(11)4-5-15-14/h4-7,10H,1-3,8H2,(H,15,16). The van der Waals surface area contributed by atoms with Crippen LogP contribution in [0.2, 0.25) is 0 Å². The van der Waals surface area contributed by atoms with Gasteiger partial charge in [-0.15, -0.1) is 0 Å². The summed E-state index contributed by atoms with van der Waals surface area (Å²) < 4.78 is 10.8. The highest BCUT2D eigenvalue weighted by Gasteiger charge is 2.20. The van der Waals surface area contributed by atoms with Crippen LogP contribution in [0.1, 0.15) is 19.3 Å². The molecule has 4 rings (SSSR count). The Morgan fingerprint density at radius 2 is 2.00 bits per heavy atom. The zero-order valence-electron chi connectivity index (χ0n) is 9.98. The van der Waals surface area contributed by atoms with Crippen LogP contribution in [0.4, 0.5) is 5.82 Å². The van der Waals surface area contributed by atoms with Gasteiger partial charge in [0.15, 0.2) is 11.5 Å². The van der Waals surface area contributed by atoms with Crippen LogP contribution in [-0.4, -0.2) is 17.8 Å². The number of hydrogen-bond acceptors (Lipinski definition) is 4. The van der Waals surface area contributed by atoms with Gasteiger partial charge < -0.3 is 14.8 Å². The molecule has 0 unspecified atom stereocenters. The van der Waals surface area contributed by atoms with E-state index in [9.17, 15) is 0 Å². The third-order valence-corrected chi connectivity index (χ3v) is 3.70. The molecule has 4 heteroatoms. The molecule has 0 spiro atoms. The van der Waals surface area contributed by atoms with Gasteiger partial charge in [0.1, 0.15) is 5.82 Å². The topological polar surface area (TPSA) is 43.4 Å². The molecule has 1 aliphatic heterocycles. The van der Waals surface area contributed by atoms with E-state index in [2.05, 4.69) is 10.3 Å². The Labute approximate surface area is 105 Å². The Hall–Kier alpha value is -1.97. The first kappa shape index (κ1) is 10.00. The summed E-state index contributed by atoms with van der Waals surface area (Å²) in [6, 6.07) is 6.62. The summed E-state index contributed by atoms with van der Waals surface area (Å²) in [7, 11) is 0. The maximum atomic E-state index is 5.43. The highest BCUT2D eigenvalue weighted by Crippen LogP contribution is 2.38. The zero-order valence-corrected chi connectivity index (χ0v) is 9.98. The number of fused-ring (bicyclic) bond motifs is 2. The molecule has 1 aromatic heterocycles. The number of nitrogens with zero attached hydrogens (tertiary/aromatic N) is 1. The van der Waals surface area contributed by atoms with Crippen LogP contribution in [0.25, 0.3) is 10.8 Å². The van der Waals surface area contributed by atoms with E-state index >= 15 is 0 Å². The number of pyridine rings is 1. The summed E-state index contributed by atoms with van der Waals surface area (Å²) in [6.07, 6.45) is 5.63. The van der Waals surface area contributed by atoms with Gasteiger partial charge in [-0.2, -0.15) is 0 Å². The van der Waals surface area contributed by atoms with Crippen molar-refractivity contribution >= 4 is 16.6 Å². The van der Waals surface area contributed by atoms with E-state index in [0.29, 0.717) is 12.8 Å². The molecule has 0 bridgehead atoms. The van der Waals surface area contributed by atoms with Crippen LogP contribution < -0.4 is 14.8 Å². The van der Waals surface area contributed by atoms with Crippen LogP contribution in [0.15, 0.2) is 24.4 Å². The number of benzene rings is 1. The summed E-state index contributed by atoms with van der Waals surface area (Å²) >= 11 is 0. The number of ether oxygens (including phenoxy) is 2. The van der Waals surface area contributed by atoms with Crippen molar-refractivity contribution < 1.29 is 9.47 Å². The van der Waals surface area contributed by atoms with Crippen molar-refractivity contribution in [3.8, 4) is 11.5 Å². The minimum absolute atomic E-state index is 0.310. The van der Waals surface area contributed by atoms with E-state index in [-0.39, 0.29) is 0 Å². The molecule has 1 aliphatic carbocycles. The zero-order chi connectivity index (χ0) is 11.9. The second kappa shape index (κ2) is 3.77. The number of aromatic nitrogens is 1. The quantitative estimate of drug-likeness (QED) is 0.879. The van der Waals surface area contributed by atoms with E-state index < -0.39 is 0 Å². The monoisotopic (exact) mass is 242 g/mol. The molecule has 18 heavy (non-hydrogen) atoms. The largest absolute Gasteiger partial charge is 0.454 e. The minimum Gasteiger partial charge on any atom is -0.454 e. The smallest absolute Gasteiger partial charge is 0.231 e. The van der Waals surface area contributed by atoms with E-state index in [1.54, 1.807) is 0 Å². The molecular weight excluding hydrogens is 228 g/mol. The molecular formula is C14H14N2O2. The van der Waals surface area contributed by atoms with Crippen molar-refractivity contribution in [2.24, 2.45) is 0 Å². The summed E-state index contributed by atoms with van der Waals surface area (Å²) in [5, 5.41) is 5.75. The van der Waals surface area contributed by atoms with Gasteiger partial charge in [0.25, 0.3) is 0 Å². The maximum Gasteiger partial charge on any atom is 0.231 e. The summed E-state index contributed by atoms with van der Waals surface area (Å²) in [6.45, 7) is 0.310. The number of hydrogen-bond donors (Lipinski definition) is 1. The lowest BCUT2D eigenvalue weighted by atomic mass is 9.93. The molecule has 2 heterocycles. The summed E-state index contributed by atoms with van der Waals surface area (Å²) in [5.41, 5.74) is 0. The van der Waals surface area contributed by atoms with Crippen LogP contribution in [0, 0.1) is 0 Å². The molecule has 92 valence electrons. The molecule has 0 amide bonds. The highest BCUT2D eigenvalue weighted by molar-refractivity contribution is 5.94. The van der Waals surface area contributed by atoms with Gasteiger partial charge in [-0.1, -0.05) is 0 Å². The first-order chi connectivity index (χ1) is 8.90. The average Bonchev–Trinajstić information content (AvgIpc) is 2.78. The lowest BCUT2D eigenvalue weighted by molar-refractivity contribution is 0.174. The molecule has 0 atom stereocenters. The fourth-order valence-electron chi connectivity index (χ4n) is 2.42. The molecule has 1 fully saturated rings. The third kappa shape index (κ3) is 1.49. The summed E-state index contributed by atoms with van der Waals surface area (Å²) in [4.78, 5) is 4.45.